The van der Waals surface area contributed by atoms with Gasteiger partial charge in [0.15, 0.2) is 23.8 Å². The average Bonchev–Trinajstić information content (AvgIpc) is 0.875. The lowest BCUT2D eigenvalue weighted by molar-refractivity contribution is -0.136. The Morgan fingerprint density at radius 1 is 0.265 bits per heavy atom. The van der Waals surface area contributed by atoms with E-state index in [1.807, 2.05) is 0 Å². The summed E-state index contributed by atoms with van der Waals surface area (Å²) >= 11 is 0. The zero-order valence-corrected chi connectivity index (χ0v) is 79.9. The lowest BCUT2D eigenvalue weighted by atomic mass is 9.97. The van der Waals surface area contributed by atoms with Gasteiger partial charge in [-0.2, -0.15) is 0 Å². The molecule has 6 bridgehead atoms. The van der Waals surface area contributed by atoms with E-state index in [-0.39, 0.29) is 103 Å². The van der Waals surface area contributed by atoms with Crippen LogP contribution in [0.15, 0.2) is 0 Å². The number of carbonyl (C=O) groups excluding carboxylic acids is 19. The summed E-state index contributed by atoms with van der Waals surface area (Å²) in [5.74, 6) is -26.5. The molecule has 50 nitrogen and oxygen atoms in total. The number of fused-ring (bicyclic) bond motifs is 15. The summed E-state index contributed by atoms with van der Waals surface area (Å²) in [4.78, 5) is 279. The van der Waals surface area contributed by atoms with Crippen LogP contribution in [-0.4, -0.2) is 314 Å². The van der Waals surface area contributed by atoms with Crippen molar-refractivity contribution >= 4 is 201 Å². The largest absolute Gasteiger partial charge is 0.370 e. The smallest absolute Gasteiger partial charge is 0.244 e. The Morgan fingerprint density at radius 2 is 0.470 bits per heavy atom. The number of hydrogen-bond donors (Lipinski definition) is 31. The van der Waals surface area contributed by atoms with E-state index >= 15 is 38.4 Å². The highest BCUT2D eigenvalue weighted by Crippen LogP contribution is 2.28. The SMILES string of the molecule is CC[C@H](C)[C@@H]1NC(=O)CNC(=O)CNC(=O)[C@H](CCCNC(=N)N)NC(=O)CNC(=O)[C@@H]2CSSC[C@H](NC1=O)C(=O)N[C@@H](CCCNC(=N)N)C(=O)N[C@H]1CSSC[C@H](NC(=O)[C@H](CCCNC(=N)N)NC(=O)[C@@H]3CSSC[C@H](NC(=O)[C@H]([C@@H](C)CC)NC1=O)C(=O)NCC(=O)N[C@@H](CCCNC(=N)N)C(=O)NCC(=O)N[C@@H]([C@@H](C)CC)C(=O)N3)C(=O)N[C@@H]([C@@H](C)CC)C(=O)N2. The number of guanidine groups is 4. The minimum atomic E-state index is -1.78. The summed E-state index contributed by atoms with van der Waals surface area (Å²) in [6.45, 7) is 9.03. The molecule has 4 aliphatic heterocycles. The molecule has 56 heteroatoms. The fraction of sp³-hybridized carbons (Fsp3) is 0.697. The number of nitrogens with two attached hydrogens (primary N) is 4. The van der Waals surface area contributed by atoms with Crippen molar-refractivity contribution in [1.29, 1.82) is 21.6 Å². The molecule has 0 radical (unpaired) electrons. The number of amides is 19. The lowest BCUT2D eigenvalue weighted by Crippen LogP contribution is -2.62. The Kier molecular flexibility index (Phi) is 51.8. The molecule has 4 fully saturated rings. The van der Waals surface area contributed by atoms with Crippen LogP contribution in [0.2, 0.25) is 0 Å². The Morgan fingerprint density at radius 3 is 0.727 bits per heavy atom. The maximum absolute atomic E-state index is 15.5. The van der Waals surface area contributed by atoms with E-state index in [9.17, 15) is 52.7 Å². The van der Waals surface area contributed by atoms with Crippen molar-refractivity contribution in [2.45, 2.75) is 217 Å². The summed E-state index contributed by atoms with van der Waals surface area (Å²) in [7, 11) is 4.98. The van der Waals surface area contributed by atoms with Gasteiger partial charge in [0.25, 0.3) is 0 Å². The van der Waals surface area contributed by atoms with Gasteiger partial charge in [-0.3, -0.25) is 113 Å². The Hall–Kier alpha value is -10.9. The second kappa shape index (κ2) is 60.3. The molecule has 18 atom stereocenters. The van der Waals surface area contributed by atoms with E-state index in [0.29, 0.717) is 0 Å². The molecule has 35 N–H and O–H groups in total. The molecule has 4 heterocycles. The van der Waals surface area contributed by atoms with Crippen LogP contribution in [0.4, 0.5) is 0 Å². The molecule has 0 aliphatic carbocycles. The highest BCUT2D eigenvalue weighted by Gasteiger charge is 2.41. The van der Waals surface area contributed by atoms with Crippen LogP contribution >= 0.6 is 64.8 Å². The fourth-order valence-corrected chi connectivity index (χ4v) is 19.8. The van der Waals surface area contributed by atoms with Gasteiger partial charge in [0.1, 0.15) is 84.6 Å². The van der Waals surface area contributed by atoms with E-state index in [4.69, 9.17) is 44.6 Å². The van der Waals surface area contributed by atoms with Gasteiger partial charge in [0.2, 0.25) is 112 Å². The average molecular weight is 1980 g/mol. The van der Waals surface area contributed by atoms with Gasteiger partial charge in [-0.25, -0.2) is 0 Å². The van der Waals surface area contributed by atoms with E-state index in [1.165, 1.54) is 0 Å². The molecule has 740 valence electrons. The summed E-state index contributed by atoms with van der Waals surface area (Å²) in [6, 6.07) is -22.6. The van der Waals surface area contributed by atoms with Gasteiger partial charge in [-0.05, 0) is 75.0 Å². The fourth-order valence-electron chi connectivity index (χ4n) is 12.8. The second-order valence-electron chi connectivity index (χ2n) is 31.6. The minimum absolute atomic E-state index is 0.0462. The molecule has 4 aliphatic rings. The van der Waals surface area contributed by atoms with Crippen LogP contribution in [-0.2, 0) is 91.1 Å². The first-order chi connectivity index (χ1) is 62.6. The summed E-state index contributed by atoms with van der Waals surface area (Å²) in [6.07, 6.45) is -0.0359. The quantitative estimate of drug-likeness (QED) is 0.0185. The lowest BCUT2D eigenvalue weighted by Gasteiger charge is -2.30. The number of carbonyl (C=O) groups is 19. The molecule has 4 rings (SSSR count). The second-order valence-corrected chi connectivity index (χ2v) is 39.3. The number of rotatable bonds is 24. The van der Waals surface area contributed by atoms with Crippen LogP contribution in [0.1, 0.15) is 132 Å². The summed E-state index contributed by atoms with van der Waals surface area (Å²) in [5.41, 5.74) is 22.3. The zero-order chi connectivity index (χ0) is 98.3. The van der Waals surface area contributed by atoms with Crippen molar-refractivity contribution < 1.29 is 91.1 Å². The van der Waals surface area contributed by atoms with Gasteiger partial charge in [0.05, 0.1) is 32.7 Å². The maximum Gasteiger partial charge on any atom is 0.244 e. The number of hydrogen-bond acceptors (Lipinski definition) is 29. The van der Waals surface area contributed by atoms with Crippen molar-refractivity contribution in [2.24, 2.45) is 46.6 Å². The first-order valence-electron chi connectivity index (χ1n) is 43.2. The van der Waals surface area contributed by atoms with Crippen molar-refractivity contribution in [2.75, 3.05) is 93.4 Å². The first-order valence-corrected chi connectivity index (χ1v) is 50.7. The Balaban J connectivity index is 2.12. The van der Waals surface area contributed by atoms with E-state index in [2.05, 4.69) is 122 Å². The van der Waals surface area contributed by atoms with E-state index < -0.39 is 312 Å². The summed E-state index contributed by atoms with van der Waals surface area (Å²) in [5, 5.41) is 90.4. The van der Waals surface area contributed by atoms with Gasteiger partial charge in [-0.1, -0.05) is 146 Å². The third-order valence-corrected chi connectivity index (χ3v) is 28.6. The predicted molar refractivity (Wildman–Crippen MR) is 501 cm³/mol. The summed E-state index contributed by atoms with van der Waals surface area (Å²) < 4.78 is 0. The van der Waals surface area contributed by atoms with Crippen LogP contribution < -0.4 is 145 Å². The molecule has 19 amide bonds. The van der Waals surface area contributed by atoms with Crippen molar-refractivity contribution in [3.63, 3.8) is 0 Å². The topological polar surface area (TPSA) is 800 Å². The highest BCUT2D eigenvalue weighted by molar-refractivity contribution is 8.77. The van der Waals surface area contributed by atoms with Gasteiger partial charge >= 0.3 is 0 Å². The maximum atomic E-state index is 15.5. The Labute approximate surface area is 788 Å². The van der Waals surface area contributed by atoms with Crippen molar-refractivity contribution in [1.82, 2.24) is 122 Å². The normalized spacial score (nSPS) is 26.5. The molecule has 4 saturated heterocycles. The Bertz CT molecular complexity index is 4030. The molecular formula is C76H131N31O19S6. The molecule has 0 unspecified atom stereocenters. The minimum Gasteiger partial charge on any atom is -0.370 e. The monoisotopic (exact) mass is 1970 g/mol. The highest BCUT2D eigenvalue weighted by atomic mass is 33.1. The molecule has 0 aromatic heterocycles. The molecule has 0 aromatic rings. The number of nitrogens with one attached hydrogen (secondary N) is 27. The molecule has 0 spiro atoms. The van der Waals surface area contributed by atoms with E-state index in [1.54, 1.807) is 55.4 Å². The first kappa shape index (κ1) is 113. The van der Waals surface area contributed by atoms with Crippen LogP contribution in [0.5, 0.6) is 0 Å². The molecule has 0 saturated carbocycles. The zero-order valence-electron chi connectivity index (χ0n) is 75.0. The molecular weight excluding hydrogens is 1840 g/mol. The van der Waals surface area contributed by atoms with Gasteiger partial charge < -0.3 is 145 Å². The van der Waals surface area contributed by atoms with Crippen molar-refractivity contribution in [3.8, 4) is 0 Å². The van der Waals surface area contributed by atoms with E-state index in [0.717, 1.165) is 64.8 Å². The van der Waals surface area contributed by atoms with Gasteiger partial charge in [0, 0.05) is 60.7 Å². The molecule has 132 heavy (non-hydrogen) atoms. The van der Waals surface area contributed by atoms with Crippen LogP contribution in [0.25, 0.3) is 0 Å². The third-order valence-electron chi connectivity index (χ3n) is 21.3. The van der Waals surface area contributed by atoms with Gasteiger partial charge in [-0.15, -0.1) is 0 Å². The predicted octanol–water partition coefficient (Wildman–Crippen LogP) is -9.21. The van der Waals surface area contributed by atoms with Crippen LogP contribution in [0, 0.1) is 45.3 Å². The van der Waals surface area contributed by atoms with Crippen molar-refractivity contribution in [3.05, 3.63) is 0 Å². The molecule has 0 aromatic carbocycles. The van der Waals surface area contributed by atoms with Crippen LogP contribution in [0.3, 0.4) is 0 Å². The standard InChI is InChI=1S/C76H131N31O19S6/c1-9-36(5)55-69(123)102-46-32-129-127-30-44(61(115)92-27-51(109)94-40(17-13-21-85-73(77)78)59(113)90-25-50(108)89-26-53(111)104-55)100-71(125)57(38(7)11-3)106-68(122)49-35-132-131-34-48(98-63(117)42(96-65(46)119)19-15-23-87-75(81)82)67(121)107-58(39(8)12-4)72(126)101-45-31-128-130-33-47(66(120)97-43(64(118)99-49)20-16-24-88-76(83)84)103-70(124)56(37(6)10-2)105-54(112)29-91-60(114)41(18-14-22-86-74(79)80)95-52(110)28-93-62(45)116/h36-49,55-58H,9-35H2,1-8H3,(H,89,108)(H,90,113)(H,91,114)(H,92,115)(H,93,116)(H,94,109)(H,95,110)(H,96,119)(H,97,120)(H,98,117)(H,99,118)(H,100,125)(H,101,126)(H,102,123)(H,103,124)(H,104,111)(H,105,112)(H,106,122)(H,107,121)(H4,77,78,85)(H4,79,80,86)(H4,81,82,87)(H4,83,84,88)/t36-,37-,38-,39-,40-,41-,42-,43-,44-,45-,46-,47-,48-,49-,55-,56-,57-,58-/m0/s1. The third kappa shape index (κ3) is 41.9.